The minimum atomic E-state index is 0.216. The molecule has 0 unspecified atom stereocenters. The summed E-state index contributed by atoms with van der Waals surface area (Å²) in [6.45, 7) is 2.23. The van der Waals surface area contributed by atoms with Crippen LogP contribution in [0.5, 0.6) is 0 Å². The van der Waals surface area contributed by atoms with Gasteiger partial charge >= 0.3 is 0 Å². The fraction of sp³-hybridized carbons (Fsp3) is 0.364. The Kier molecular flexibility index (Phi) is 6.32. The summed E-state index contributed by atoms with van der Waals surface area (Å²) >= 11 is 0. The highest BCUT2D eigenvalue weighted by Crippen LogP contribution is 2.31. The summed E-state index contributed by atoms with van der Waals surface area (Å²) in [7, 11) is 1.66. The standard InChI is InChI=1S/C22H24N6O2/c1-29-15-19-8-7-18(30-19)14-28-9-3-2-4-21(28)20-12-26-22(13-25-20)27-17-6-5-16(10-23)24-11-17/h5-8,11-13,21H,2-4,9,14-15H2,1H3,(H,26,27)/t21-/m0/s1. The quantitative estimate of drug-likeness (QED) is 0.632. The smallest absolute Gasteiger partial charge is 0.148 e. The van der Waals surface area contributed by atoms with E-state index in [0.717, 1.165) is 42.4 Å². The molecule has 0 saturated carbocycles. The third-order valence-electron chi connectivity index (χ3n) is 5.14. The Morgan fingerprint density at radius 3 is 2.77 bits per heavy atom. The molecule has 0 radical (unpaired) electrons. The molecule has 8 nitrogen and oxygen atoms in total. The van der Waals surface area contributed by atoms with Gasteiger partial charge in [-0.05, 0) is 43.7 Å². The van der Waals surface area contributed by atoms with Crippen LogP contribution in [-0.2, 0) is 17.9 Å². The zero-order chi connectivity index (χ0) is 20.8. The normalized spacial score (nSPS) is 16.9. The van der Waals surface area contributed by atoms with Crippen molar-refractivity contribution in [1.29, 1.82) is 5.26 Å². The maximum Gasteiger partial charge on any atom is 0.148 e. The van der Waals surface area contributed by atoms with Crippen LogP contribution in [0.3, 0.4) is 0 Å². The lowest BCUT2D eigenvalue weighted by atomic mass is 9.99. The molecule has 4 rings (SSSR count). The number of nitrogens with one attached hydrogen (secondary N) is 1. The van der Waals surface area contributed by atoms with Crippen LogP contribution in [0.25, 0.3) is 0 Å². The predicted octanol–water partition coefficient (Wildman–Crippen LogP) is 3.95. The van der Waals surface area contributed by atoms with Gasteiger partial charge in [-0.2, -0.15) is 5.26 Å². The van der Waals surface area contributed by atoms with Gasteiger partial charge in [0.15, 0.2) is 0 Å². The fourth-order valence-electron chi connectivity index (χ4n) is 3.70. The molecule has 1 aliphatic heterocycles. The first kappa shape index (κ1) is 20.0. The molecule has 30 heavy (non-hydrogen) atoms. The van der Waals surface area contributed by atoms with Gasteiger partial charge < -0.3 is 14.5 Å². The summed E-state index contributed by atoms with van der Waals surface area (Å²) in [6.07, 6.45) is 8.57. The lowest BCUT2D eigenvalue weighted by Gasteiger charge is -2.34. The highest BCUT2D eigenvalue weighted by molar-refractivity contribution is 5.54. The SMILES string of the molecule is COCc1ccc(CN2CCCC[C@H]2c2cnc(Nc3ccc(C#N)nc3)cn2)o1. The number of pyridine rings is 1. The minimum Gasteiger partial charge on any atom is -0.462 e. The number of hydrogen-bond donors (Lipinski definition) is 1. The summed E-state index contributed by atoms with van der Waals surface area (Å²) in [5, 5.41) is 12.0. The highest BCUT2D eigenvalue weighted by atomic mass is 16.5. The molecular weight excluding hydrogens is 380 g/mol. The van der Waals surface area contributed by atoms with E-state index in [0.29, 0.717) is 18.1 Å². The van der Waals surface area contributed by atoms with Gasteiger partial charge in [0.25, 0.3) is 0 Å². The summed E-state index contributed by atoms with van der Waals surface area (Å²) in [5.41, 5.74) is 2.10. The number of nitrogens with zero attached hydrogens (tertiary/aromatic N) is 5. The van der Waals surface area contributed by atoms with Crippen molar-refractivity contribution in [1.82, 2.24) is 19.9 Å². The molecule has 1 aliphatic rings. The first-order valence-corrected chi connectivity index (χ1v) is 10.0. The van der Waals surface area contributed by atoms with E-state index < -0.39 is 0 Å². The first-order chi connectivity index (χ1) is 14.7. The zero-order valence-corrected chi connectivity index (χ0v) is 16.9. The van der Waals surface area contributed by atoms with Gasteiger partial charge in [0.1, 0.15) is 35.7 Å². The molecule has 0 aromatic carbocycles. The third-order valence-corrected chi connectivity index (χ3v) is 5.14. The summed E-state index contributed by atoms with van der Waals surface area (Å²) in [5.74, 6) is 2.42. The maximum absolute atomic E-state index is 8.84. The first-order valence-electron chi connectivity index (χ1n) is 10.0. The summed E-state index contributed by atoms with van der Waals surface area (Å²) < 4.78 is 11.0. The molecule has 8 heteroatoms. The number of likely N-dealkylation sites (tertiary alicyclic amines) is 1. The van der Waals surface area contributed by atoms with E-state index in [-0.39, 0.29) is 6.04 Å². The number of hydrogen-bond acceptors (Lipinski definition) is 8. The van der Waals surface area contributed by atoms with Crippen molar-refractivity contribution < 1.29 is 9.15 Å². The molecule has 0 aliphatic carbocycles. The van der Waals surface area contributed by atoms with E-state index in [1.165, 1.54) is 12.8 Å². The molecule has 4 heterocycles. The third kappa shape index (κ3) is 4.82. The number of aromatic nitrogens is 3. The van der Waals surface area contributed by atoms with Gasteiger partial charge in [0.05, 0.1) is 42.6 Å². The van der Waals surface area contributed by atoms with Crippen molar-refractivity contribution in [3.8, 4) is 6.07 Å². The molecule has 0 amide bonds. The molecular formula is C22H24N6O2. The van der Waals surface area contributed by atoms with Crippen LogP contribution in [0.15, 0.2) is 47.3 Å². The number of nitriles is 1. The monoisotopic (exact) mass is 404 g/mol. The van der Waals surface area contributed by atoms with Crippen molar-refractivity contribution in [2.45, 2.75) is 38.5 Å². The van der Waals surface area contributed by atoms with Gasteiger partial charge in [0, 0.05) is 7.11 Å². The molecule has 0 spiro atoms. The van der Waals surface area contributed by atoms with Gasteiger partial charge in [0.2, 0.25) is 0 Å². The van der Waals surface area contributed by atoms with E-state index in [1.807, 2.05) is 24.4 Å². The van der Waals surface area contributed by atoms with E-state index in [1.54, 1.807) is 31.6 Å². The van der Waals surface area contributed by atoms with E-state index in [9.17, 15) is 0 Å². The van der Waals surface area contributed by atoms with Crippen LogP contribution in [0.1, 0.15) is 48.2 Å². The van der Waals surface area contributed by atoms with Crippen molar-refractivity contribution >= 4 is 11.5 Å². The molecule has 1 atom stereocenters. The lowest BCUT2D eigenvalue weighted by Crippen LogP contribution is -2.33. The topological polar surface area (TPSA) is 100 Å². The van der Waals surface area contributed by atoms with E-state index in [4.69, 9.17) is 14.4 Å². The second-order valence-electron chi connectivity index (χ2n) is 7.28. The Bertz CT molecular complexity index is 994. The molecule has 154 valence electrons. The average molecular weight is 404 g/mol. The average Bonchev–Trinajstić information content (AvgIpc) is 3.22. The van der Waals surface area contributed by atoms with Crippen LogP contribution >= 0.6 is 0 Å². The van der Waals surface area contributed by atoms with Crippen LogP contribution in [-0.4, -0.2) is 33.5 Å². The van der Waals surface area contributed by atoms with Gasteiger partial charge in [-0.1, -0.05) is 6.42 Å². The largest absolute Gasteiger partial charge is 0.462 e. The predicted molar refractivity (Wildman–Crippen MR) is 111 cm³/mol. The second kappa shape index (κ2) is 9.48. The van der Waals surface area contributed by atoms with E-state index in [2.05, 4.69) is 25.2 Å². The minimum absolute atomic E-state index is 0.216. The lowest BCUT2D eigenvalue weighted by molar-refractivity contribution is 0.121. The Morgan fingerprint density at radius 2 is 2.03 bits per heavy atom. The number of piperidine rings is 1. The number of furan rings is 1. The number of anilines is 2. The molecule has 3 aromatic heterocycles. The maximum atomic E-state index is 8.84. The van der Waals surface area contributed by atoms with Gasteiger partial charge in [-0.15, -0.1) is 0 Å². The second-order valence-corrected chi connectivity index (χ2v) is 7.28. The Morgan fingerprint density at radius 1 is 1.13 bits per heavy atom. The Balaban J connectivity index is 1.43. The zero-order valence-electron chi connectivity index (χ0n) is 16.9. The molecule has 0 bridgehead atoms. The van der Waals surface area contributed by atoms with Crippen molar-refractivity contribution in [2.24, 2.45) is 0 Å². The Labute approximate surface area is 175 Å². The van der Waals surface area contributed by atoms with Gasteiger partial charge in [-0.3, -0.25) is 9.88 Å². The van der Waals surface area contributed by atoms with Crippen molar-refractivity contribution in [2.75, 3.05) is 19.0 Å². The number of rotatable bonds is 7. The summed E-state index contributed by atoms with van der Waals surface area (Å²) in [6, 6.07) is 9.67. The van der Waals surface area contributed by atoms with Crippen LogP contribution in [0.2, 0.25) is 0 Å². The fourth-order valence-corrected chi connectivity index (χ4v) is 3.70. The van der Waals surface area contributed by atoms with E-state index >= 15 is 0 Å². The molecule has 1 saturated heterocycles. The highest BCUT2D eigenvalue weighted by Gasteiger charge is 2.26. The number of ether oxygens (including phenoxy) is 1. The Hall–Kier alpha value is -3.28. The van der Waals surface area contributed by atoms with Gasteiger partial charge in [-0.25, -0.2) is 9.97 Å². The molecule has 1 N–H and O–H groups in total. The molecule has 3 aromatic rings. The summed E-state index contributed by atoms with van der Waals surface area (Å²) in [4.78, 5) is 15.7. The van der Waals surface area contributed by atoms with Crippen LogP contribution in [0, 0.1) is 11.3 Å². The van der Waals surface area contributed by atoms with Crippen LogP contribution < -0.4 is 5.32 Å². The van der Waals surface area contributed by atoms with Crippen LogP contribution in [0.4, 0.5) is 11.5 Å². The molecule has 1 fully saturated rings. The van der Waals surface area contributed by atoms with Crippen molar-refractivity contribution in [3.63, 3.8) is 0 Å². The number of methoxy groups -OCH3 is 1. The van der Waals surface area contributed by atoms with Crippen molar-refractivity contribution in [3.05, 3.63) is 65.8 Å².